The third kappa shape index (κ3) is 18.0. The molecule has 0 N–H and O–H groups in total. The topological polar surface area (TPSA) is 69.4 Å². The fourth-order valence-corrected chi connectivity index (χ4v) is 1.95. The average Bonchev–Trinajstić information content (AvgIpc) is 2.50. The van der Waals surface area contributed by atoms with Gasteiger partial charge in [-0.2, -0.15) is 0 Å². The number of hydrogen-bond acceptors (Lipinski definition) is 4. The first-order valence-electron chi connectivity index (χ1n) is 8.47. The van der Waals surface area contributed by atoms with E-state index >= 15 is 0 Å². The van der Waals surface area contributed by atoms with E-state index in [4.69, 9.17) is 0 Å². The van der Waals surface area contributed by atoms with Crippen LogP contribution in [0.25, 0.3) is 0 Å². The number of nitrogens with zero attached hydrogens (tertiary/aromatic N) is 1. The van der Waals surface area contributed by atoms with Crippen molar-refractivity contribution in [2.24, 2.45) is 0 Å². The van der Waals surface area contributed by atoms with Crippen molar-refractivity contribution in [1.82, 2.24) is 0 Å². The van der Waals surface area contributed by atoms with Crippen LogP contribution in [-0.4, -0.2) is 11.1 Å². The standard InChI is InChI=1S/C18H29NO4/c1-2-3-4-5-6-7-8-9-10-11-12-13-14-15-16-17-18(20)23-19(21)22/h6-7,9-10,12-13H,2-5,8,11,14-17H2,1H3/b7-6-,10-9-,13-12-. The zero-order chi connectivity index (χ0) is 17.2. The van der Waals surface area contributed by atoms with Crippen LogP contribution >= 0.6 is 0 Å². The number of allylic oxidation sites excluding steroid dienone is 6. The third-order valence-electron chi connectivity index (χ3n) is 3.20. The van der Waals surface area contributed by atoms with Crippen molar-refractivity contribution < 1.29 is 14.7 Å². The summed E-state index contributed by atoms with van der Waals surface area (Å²) in [5.74, 6) is -0.773. The van der Waals surface area contributed by atoms with Gasteiger partial charge in [-0.05, 0) is 44.9 Å². The maximum atomic E-state index is 10.9. The van der Waals surface area contributed by atoms with Crippen LogP contribution < -0.4 is 0 Å². The van der Waals surface area contributed by atoms with Crippen molar-refractivity contribution in [3.63, 3.8) is 0 Å². The van der Waals surface area contributed by atoms with Gasteiger partial charge in [0.25, 0.3) is 0 Å². The smallest absolute Gasteiger partial charge is 0.268 e. The first-order chi connectivity index (χ1) is 11.2. The van der Waals surface area contributed by atoms with Gasteiger partial charge in [-0.25, -0.2) is 4.84 Å². The van der Waals surface area contributed by atoms with Gasteiger partial charge in [-0.3, -0.25) is 4.79 Å². The highest BCUT2D eigenvalue weighted by Gasteiger charge is 2.05. The Labute approximate surface area is 139 Å². The summed E-state index contributed by atoms with van der Waals surface area (Å²) in [6, 6.07) is 0. The Bertz CT molecular complexity index is 400. The molecule has 0 fully saturated rings. The molecule has 0 amide bonds. The van der Waals surface area contributed by atoms with Crippen molar-refractivity contribution in [2.45, 2.75) is 71.1 Å². The number of hydrogen-bond donors (Lipinski definition) is 0. The van der Waals surface area contributed by atoms with Crippen molar-refractivity contribution in [2.75, 3.05) is 0 Å². The fourth-order valence-electron chi connectivity index (χ4n) is 1.95. The van der Waals surface area contributed by atoms with E-state index in [9.17, 15) is 14.9 Å². The molecule has 0 aliphatic carbocycles. The van der Waals surface area contributed by atoms with E-state index in [0.717, 1.165) is 25.7 Å². The monoisotopic (exact) mass is 323 g/mol. The lowest BCUT2D eigenvalue weighted by molar-refractivity contribution is -0.729. The van der Waals surface area contributed by atoms with E-state index in [2.05, 4.69) is 48.2 Å². The Morgan fingerprint density at radius 3 is 1.96 bits per heavy atom. The van der Waals surface area contributed by atoms with Gasteiger partial charge in [0.05, 0.1) is 0 Å². The third-order valence-corrected chi connectivity index (χ3v) is 3.20. The molecule has 0 atom stereocenters. The zero-order valence-electron chi connectivity index (χ0n) is 14.1. The second kappa shape index (κ2) is 16.5. The van der Waals surface area contributed by atoms with Crippen molar-refractivity contribution >= 4 is 5.97 Å². The normalized spacial score (nSPS) is 11.7. The lowest BCUT2D eigenvalue weighted by Gasteiger charge is -1.96. The van der Waals surface area contributed by atoms with Gasteiger partial charge in [-0.15, -0.1) is 10.1 Å². The molecule has 0 heterocycles. The number of rotatable bonds is 14. The van der Waals surface area contributed by atoms with Crippen molar-refractivity contribution in [3.8, 4) is 0 Å². The fraction of sp³-hybridized carbons (Fsp3) is 0.611. The summed E-state index contributed by atoms with van der Waals surface area (Å²) in [5, 5.41) is 8.85. The molecule has 0 aliphatic heterocycles. The molecule has 0 radical (unpaired) electrons. The number of carbonyl (C=O) groups excluding carboxylic acids is 1. The van der Waals surface area contributed by atoms with Crippen LogP contribution in [0.1, 0.15) is 71.1 Å². The van der Waals surface area contributed by atoms with E-state index < -0.39 is 11.1 Å². The lowest BCUT2D eigenvalue weighted by atomic mass is 10.2. The highest BCUT2D eigenvalue weighted by atomic mass is 17.0. The molecule has 0 aliphatic rings. The molecule has 0 rings (SSSR count). The molecule has 0 saturated carbocycles. The molecule has 0 unspecified atom stereocenters. The quantitative estimate of drug-likeness (QED) is 0.188. The Morgan fingerprint density at radius 2 is 1.43 bits per heavy atom. The molecule has 23 heavy (non-hydrogen) atoms. The maximum absolute atomic E-state index is 10.9. The van der Waals surface area contributed by atoms with Gasteiger partial charge in [0.1, 0.15) is 0 Å². The Morgan fingerprint density at radius 1 is 0.913 bits per heavy atom. The molecular weight excluding hydrogens is 294 g/mol. The van der Waals surface area contributed by atoms with E-state index in [1.54, 1.807) is 0 Å². The highest BCUT2D eigenvalue weighted by Crippen LogP contribution is 2.03. The summed E-state index contributed by atoms with van der Waals surface area (Å²) in [7, 11) is 0. The second-order valence-corrected chi connectivity index (χ2v) is 5.31. The average molecular weight is 323 g/mol. The summed E-state index contributed by atoms with van der Waals surface area (Å²) in [6.07, 6.45) is 22.3. The predicted octanol–water partition coefficient (Wildman–Crippen LogP) is 5.31. The SMILES string of the molecule is CCCCC/C=C\C/C=C\C/C=C\CCCCC(=O)O[N+](=O)[O-]. The van der Waals surface area contributed by atoms with Gasteiger partial charge >= 0.3 is 11.1 Å². The van der Waals surface area contributed by atoms with Crippen molar-refractivity contribution in [3.05, 3.63) is 46.6 Å². The van der Waals surface area contributed by atoms with Crippen LogP contribution in [0.15, 0.2) is 36.5 Å². The molecule has 130 valence electrons. The first kappa shape index (κ1) is 21.1. The van der Waals surface area contributed by atoms with E-state index in [0.29, 0.717) is 6.42 Å². The van der Waals surface area contributed by atoms with Crippen LogP contribution in [-0.2, 0) is 9.63 Å². The lowest BCUT2D eigenvalue weighted by Crippen LogP contribution is -2.09. The predicted molar refractivity (Wildman–Crippen MR) is 92.4 cm³/mol. The van der Waals surface area contributed by atoms with E-state index in [1.165, 1.54) is 25.7 Å². The molecule has 0 aromatic carbocycles. The van der Waals surface area contributed by atoms with Crippen LogP contribution in [0, 0.1) is 10.1 Å². The Hall–Kier alpha value is -1.91. The molecule has 5 heteroatoms. The van der Waals surface area contributed by atoms with Crippen LogP contribution in [0.5, 0.6) is 0 Å². The molecule has 0 spiro atoms. The Kier molecular flexibility index (Phi) is 15.1. The summed E-state index contributed by atoms with van der Waals surface area (Å²) >= 11 is 0. The van der Waals surface area contributed by atoms with Gasteiger partial charge < -0.3 is 0 Å². The minimum atomic E-state index is -1.06. The molecule has 0 aromatic rings. The molecule has 5 nitrogen and oxygen atoms in total. The minimum absolute atomic E-state index is 0.0965. The molecule has 0 aromatic heterocycles. The number of carbonyl (C=O) groups is 1. The number of unbranched alkanes of at least 4 members (excludes halogenated alkanes) is 5. The molecular formula is C18H29NO4. The first-order valence-corrected chi connectivity index (χ1v) is 8.47. The van der Waals surface area contributed by atoms with Gasteiger partial charge in [0.15, 0.2) is 0 Å². The zero-order valence-corrected chi connectivity index (χ0v) is 14.1. The Balaban J connectivity index is 3.41. The molecule has 0 saturated heterocycles. The minimum Gasteiger partial charge on any atom is -0.268 e. The van der Waals surface area contributed by atoms with Crippen LogP contribution in [0.3, 0.4) is 0 Å². The maximum Gasteiger partial charge on any atom is 0.303 e. The van der Waals surface area contributed by atoms with Crippen LogP contribution in [0.2, 0.25) is 0 Å². The van der Waals surface area contributed by atoms with Crippen LogP contribution in [0.4, 0.5) is 0 Å². The summed E-state index contributed by atoms with van der Waals surface area (Å²) in [4.78, 5) is 24.6. The summed E-state index contributed by atoms with van der Waals surface area (Å²) in [6.45, 7) is 2.21. The summed E-state index contributed by atoms with van der Waals surface area (Å²) in [5.41, 5.74) is 0. The van der Waals surface area contributed by atoms with Gasteiger partial charge in [-0.1, -0.05) is 56.2 Å². The van der Waals surface area contributed by atoms with Gasteiger partial charge in [0.2, 0.25) is 0 Å². The second-order valence-electron chi connectivity index (χ2n) is 5.31. The van der Waals surface area contributed by atoms with E-state index in [1.807, 2.05) is 0 Å². The van der Waals surface area contributed by atoms with E-state index in [-0.39, 0.29) is 6.42 Å². The van der Waals surface area contributed by atoms with Crippen molar-refractivity contribution in [1.29, 1.82) is 0 Å². The molecule has 0 bridgehead atoms. The van der Waals surface area contributed by atoms with Gasteiger partial charge in [0, 0.05) is 6.42 Å². The summed E-state index contributed by atoms with van der Waals surface area (Å²) < 4.78 is 0. The highest BCUT2D eigenvalue weighted by molar-refractivity contribution is 5.68. The largest absolute Gasteiger partial charge is 0.303 e.